The maximum absolute atomic E-state index is 12.3. The average Bonchev–Trinajstić information content (AvgIpc) is 2.92. The van der Waals surface area contributed by atoms with Gasteiger partial charge in [-0.2, -0.15) is 0 Å². The van der Waals surface area contributed by atoms with Gasteiger partial charge in [-0.15, -0.1) is 11.3 Å². The highest BCUT2D eigenvalue weighted by atomic mass is 32.1. The molecule has 4 heteroatoms. The van der Waals surface area contributed by atoms with Crippen molar-refractivity contribution < 1.29 is 4.79 Å². The second-order valence-electron chi connectivity index (χ2n) is 6.26. The van der Waals surface area contributed by atoms with Gasteiger partial charge in [0, 0.05) is 4.88 Å². The molecule has 112 valence electrons. The van der Waals surface area contributed by atoms with Crippen molar-refractivity contribution in [2.24, 2.45) is 11.8 Å². The molecule has 1 aromatic heterocycles. The van der Waals surface area contributed by atoms with Crippen LogP contribution in [0.2, 0.25) is 0 Å². The summed E-state index contributed by atoms with van der Waals surface area (Å²) in [5.74, 6) is 1.38. The minimum absolute atomic E-state index is 0.145. The van der Waals surface area contributed by atoms with Gasteiger partial charge >= 0.3 is 0 Å². The van der Waals surface area contributed by atoms with Crippen LogP contribution in [0.4, 0.5) is 0 Å². The zero-order valence-corrected chi connectivity index (χ0v) is 13.6. The van der Waals surface area contributed by atoms with E-state index in [2.05, 4.69) is 42.4 Å². The minimum Gasteiger partial charge on any atom is -0.347 e. The van der Waals surface area contributed by atoms with Crippen molar-refractivity contribution in [1.29, 1.82) is 0 Å². The summed E-state index contributed by atoms with van der Waals surface area (Å²) in [5.41, 5.74) is 0. The van der Waals surface area contributed by atoms with Gasteiger partial charge in [0.05, 0.1) is 12.6 Å². The molecular formula is C16H26N2OS. The van der Waals surface area contributed by atoms with Crippen molar-refractivity contribution in [3.8, 4) is 0 Å². The van der Waals surface area contributed by atoms with Gasteiger partial charge in [-0.1, -0.05) is 26.8 Å². The van der Waals surface area contributed by atoms with E-state index in [1.807, 2.05) is 6.07 Å². The summed E-state index contributed by atoms with van der Waals surface area (Å²) in [6.07, 6.45) is 2.43. The molecule has 1 N–H and O–H groups in total. The predicted octanol–water partition coefficient (Wildman–Crippen LogP) is 3.29. The average molecular weight is 294 g/mol. The van der Waals surface area contributed by atoms with Crippen molar-refractivity contribution in [1.82, 2.24) is 10.2 Å². The Morgan fingerprint density at radius 1 is 1.45 bits per heavy atom. The molecule has 0 aromatic carbocycles. The van der Waals surface area contributed by atoms with E-state index >= 15 is 0 Å². The molecule has 20 heavy (non-hydrogen) atoms. The SMILES string of the molecule is CC1CCN(CC(=O)NC(c2cccs2)C(C)C)CC1. The van der Waals surface area contributed by atoms with E-state index in [0.29, 0.717) is 12.5 Å². The molecule has 0 spiro atoms. The molecule has 0 radical (unpaired) electrons. The first kappa shape index (κ1) is 15.5. The van der Waals surface area contributed by atoms with Gasteiger partial charge in [0.15, 0.2) is 0 Å². The third-order valence-corrected chi connectivity index (χ3v) is 5.03. The molecule has 0 bridgehead atoms. The first-order valence-electron chi connectivity index (χ1n) is 7.61. The summed E-state index contributed by atoms with van der Waals surface area (Å²) in [7, 11) is 0. The molecule has 1 atom stereocenters. The zero-order valence-electron chi connectivity index (χ0n) is 12.8. The Kier molecular flexibility index (Phi) is 5.61. The number of piperidine rings is 1. The van der Waals surface area contributed by atoms with Crippen LogP contribution < -0.4 is 5.32 Å². The van der Waals surface area contributed by atoms with E-state index < -0.39 is 0 Å². The van der Waals surface area contributed by atoms with Crippen LogP contribution >= 0.6 is 11.3 Å². The van der Waals surface area contributed by atoms with Crippen LogP contribution in [-0.2, 0) is 4.79 Å². The van der Waals surface area contributed by atoms with Gasteiger partial charge < -0.3 is 5.32 Å². The highest BCUT2D eigenvalue weighted by molar-refractivity contribution is 7.10. The fraction of sp³-hybridized carbons (Fsp3) is 0.688. The number of thiophene rings is 1. The molecular weight excluding hydrogens is 268 g/mol. The molecule has 1 fully saturated rings. The van der Waals surface area contributed by atoms with Gasteiger partial charge in [-0.05, 0) is 49.2 Å². The third-order valence-electron chi connectivity index (χ3n) is 4.08. The van der Waals surface area contributed by atoms with Crippen LogP contribution in [0.15, 0.2) is 17.5 Å². The van der Waals surface area contributed by atoms with E-state index in [9.17, 15) is 4.79 Å². The van der Waals surface area contributed by atoms with Crippen molar-refractivity contribution in [3.63, 3.8) is 0 Å². The molecule has 1 aliphatic rings. The Balaban J connectivity index is 1.86. The summed E-state index contributed by atoms with van der Waals surface area (Å²) in [5, 5.41) is 5.28. The van der Waals surface area contributed by atoms with Gasteiger partial charge in [0.1, 0.15) is 0 Å². The van der Waals surface area contributed by atoms with Crippen LogP contribution in [-0.4, -0.2) is 30.4 Å². The van der Waals surface area contributed by atoms with Gasteiger partial charge in [0.25, 0.3) is 0 Å². The molecule has 2 rings (SSSR count). The normalized spacial score (nSPS) is 19.2. The molecule has 1 aliphatic heterocycles. The Morgan fingerprint density at radius 3 is 2.70 bits per heavy atom. The molecule has 1 saturated heterocycles. The number of hydrogen-bond donors (Lipinski definition) is 1. The van der Waals surface area contributed by atoms with Crippen LogP contribution in [0, 0.1) is 11.8 Å². The maximum Gasteiger partial charge on any atom is 0.234 e. The molecule has 1 aromatic rings. The summed E-state index contributed by atoms with van der Waals surface area (Å²) < 4.78 is 0. The Morgan fingerprint density at radius 2 is 2.15 bits per heavy atom. The second kappa shape index (κ2) is 7.23. The lowest BCUT2D eigenvalue weighted by molar-refractivity contribution is -0.123. The predicted molar refractivity (Wildman–Crippen MR) is 84.9 cm³/mol. The van der Waals surface area contributed by atoms with Crippen molar-refractivity contribution in [2.75, 3.05) is 19.6 Å². The van der Waals surface area contributed by atoms with Gasteiger partial charge in [-0.25, -0.2) is 0 Å². The maximum atomic E-state index is 12.3. The number of carbonyl (C=O) groups excluding carboxylic acids is 1. The first-order chi connectivity index (χ1) is 9.56. The molecule has 2 heterocycles. The summed E-state index contributed by atoms with van der Waals surface area (Å²) in [6.45, 7) is 9.27. The van der Waals surface area contributed by atoms with Gasteiger partial charge in [0.2, 0.25) is 5.91 Å². The number of rotatable bonds is 5. The van der Waals surface area contributed by atoms with E-state index in [-0.39, 0.29) is 11.9 Å². The Hall–Kier alpha value is -0.870. The highest BCUT2D eigenvalue weighted by Crippen LogP contribution is 2.25. The lowest BCUT2D eigenvalue weighted by Crippen LogP contribution is -2.42. The zero-order chi connectivity index (χ0) is 14.5. The summed E-state index contributed by atoms with van der Waals surface area (Å²) in [6, 6.07) is 4.30. The molecule has 3 nitrogen and oxygen atoms in total. The molecule has 0 saturated carbocycles. The molecule has 1 unspecified atom stereocenters. The number of nitrogens with zero attached hydrogens (tertiary/aromatic N) is 1. The number of carbonyl (C=O) groups is 1. The summed E-state index contributed by atoms with van der Waals surface area (Å²) in [4.78, 5) is 15.8. The van der Waals surface area contributed by atoms with E-state index in [1.165, 1.54) is 17.7 Å². The topological polar surface area (TPSA) is 32.3 Å². The second-order valence-corrected chi connectivity index (χ2v) is 7.24. The smallest absolute Gasteiger partial charge is 0.234 e. The molecule has 0 aliphatic carbocycles. The molecule has 1 amide bonds. The summed E-state index contributed by atoms with van der Waals surface area (Å²) >= 11 is 1.72. The van der Waals surface area contributed by atoms with E-state index in [4.69, 9.17) is 0 Å². The lowest BCUT2D eigenvalue weighted by atomic mass is 9.99. The van der Waals surface area contributed by atoms with Crippen molar-refractivity contribution >= 4 is 17.2 Å². The van der Waals surface area contributed by atoms with E-state index in [1.54, 1.807) is 11.3 Å². The fourth-order valence-corrected chi connectivity index (χ4v) is 3.63. The van der Waals surface area contributed by atoms with Crippen molar-refractivity contribution in [3.05, 3.63) is 22.4 Å². The number of amides is 1. The monoisotopic (exact) mass is 294 g/mol. The number of likely N-dealkylation sites (tertiary alicyclic amines) is 1. The van der Waals surface area contributed by atoms with Gasteiger partial charge in [-0.3, -0.25) is 9.69 Å². The fourth-order valence-electron chi connectivity index (χ4n) is 2.68. The van der Waals surface area contributed by atoms with E-state index in [0.717, 1.165) is 19.0 Å². The van der Waals surface area contributed by atoms with Crippen LogP contribution in [0.25, 0.3) is 0 Å². The van der Waals surface area contributed by atoms with Crippen LogP contribution in [0.3, 0.4) is 0 Å². The van der Waals surface area contributed by atoms with Crippen molar-refractivity contribution in [2.45, 2.75) is 39.7 Å². The van der Waals surface area contributed by atoms with Crippen LogP contribution in [0.1, 0.15) is 44.5 Å². The Labute approximate surface area is 126 Å². The third kappa shape index (κ3) is 4.32. The minimum atomic E-state index is 0.145. The largest absolute Gasteiger partial charge is 0.347 e. The first-order valence-corrected chi connectivity index (χ1v) is 8.49. The lowest BCUT2D eigenvalue weighted by Gasteiger charge is -2.30. The number of hydrogen-bond acceptors (Lipinski definition) is 3. The highest BCUT2D eigenvalue weighted by Gasteiger charge is 2.22. The number of nitrogens with one attached hydrogen (secondary N) is 1. The van der Waals surface area contributed by atoms with Crippen LogP contribution in [0.5, 0.6) is 0 Å². The Bertz CT molecular complexity index is 408. The quantitative estimate of drug-likeness (QED) is 0.904. The standard InChI is InChI=1S/C16H26N2OS/c1-12(2)16(14-5-4-10-20-14)17-15(19)11-18-8-6-13(3)7-9-18/h4-5,10,12-13,16H,6-9,11H2,1-3H3,(H,17,19).